The van der Waals surface area contributed by atoms with Crippen LogP contribution >= 0.6 is 11.6 Å². The SMILES string of the molecule is CCc1ccc(NC(=O)CCc2nnc3ccc(NCc4ccc(Cl)cc4)nn23)cc1. The van der Waals surface area contributed by atoms with Crippen molar-refractivity contribution in [3.8, 4) is 0 Å². The quantitative estimate of drug-likeness (QED) is 0.426. The third kappa shape index (κ3) is 5.38. The van der Waals surface area contributed by atoms with E-state index in [-0.39, 0.29) is 5.91 Å². The monoisotopic (exact) mass is 434 g/mol. The van der Waals surface area contributed by atoms with Crippen molar-refractivity contribution in [3.63, 3.8) is 0 Å². The molecule has 7 nitrogen and oxygen atoms in total. The van der Waals surface area contributed by atoms with E-state index in [0.717, 1.165) is 17.7 Å². The first kappa shape index (κ1) is 20.8. The first-order valence-electron chi connectivity index (χ1n) is 10.2. The molecule has 4 aromatic rings. The molecule has 31 heavy (non-hydrogen) atoms. The summed E-state index contributed by atoms with van der Waals surface area (Å²) in [7, 11) is 0. The number of nitrogens with one attached hydrogen (secondary N) is 2. The number of fused-ring (bicyclic) bond motifs is 1. The number of rotatable bonds is 8. The van der Waals surface area contributed by atoms with Gasteiger partial charge in [-0.2, -0.15) is 4.52 Å². The van der Waals surface area contributed by atoms with Gasteiger partial charge in [0, 0.05) is 30.1 Å². The minimum absolute atomic E-state index is 0.0713. The van der Waals surface area contributed by atoms with Crippen molar-refractivity contribution in [1.82, 2.24) is 19.8 Å². The number of nitrogens with zero attached hydrogens (tertiary/aromatic N) is 4. The van der Waals surface area contributed by atoms with Crippen molar-refractivity contribution < 1.29 is 4.79 Å². The molecule has 1 amide bonds. The molecular weight excluding hydrogens is 412 g/mol. The molecule has 158 valence electrons. The molecule has 0 saturated carbocycles. The average molecular weight is 435 g/mol. The third-order valence-corrected chi connectivity index (χ3v) is 5.19. The molecule has 0 saturated heterocycles. The number of benzene rings is 2. The normalized spacial score (nSPS) is 10.9. The summed E-state index contributed by atoms with van der Waals surface area (Å²) in [5.41, 5.74) is 3.76. The van der Waals surface area contributed by atoms with Crippen LogP contribution in [-0.2, 0) is 24.2 Å². The van der Waals surface area contributed by atoms with Gasteiger partial charge in [-0.05, 0) is 53.9 Å². The fourth-order valence-electron chi connectivity index (χ4n) is 3.15. The third-order valence-electron chi connectivity index (χ3n) is 4.94. The Morgan fingerprint density at radius 2 is 1.71 bits per heavy atom. The van der Waals surface area contributed by atoms with E-state index in [4.69, 9.17) is 11.6 Å². The van der Waals surface area contributed by atoms with Gasteiger partial charge < -0.3 is 10.6 Å². The Hall–Kier alpha value is -3.45. The number of anilines is 2. The second-order valence-corrected chi connectivity index (χ2v) is 7.62. The van der Waals surface area contributed by atoms with Crippen LogP contribution in [0.2, 0.25) is 5.02 Å². The highest BCUT2D eigenvalue weighted by Gasteiger charge is 2.11. The van der Waals surface area contributed by atoms with Gasteiger partial charge in [0.15, 0.2) is 11.5 Å². The van der Waals surface area contributed by atoms with Crippen molar-refractivity contribution in [2.75, 3.05) is 10.6 Å². The number of carbonyl (C=O) groups excluding carboxylic acids is 1. The van der Waals surface area contributed by atoms with Crippen LogP contribution in [0.5, 0.6) is 0 Å². The van der Waals surface area contributed by atoms with Gasteiger partial charge in [0.1, 0.15) is 5.82 Å². The van der Waals surface area contributed by atoms with Crippen LogP contribution in [0.1, 0.15) is 30.3 Å². The van der Waals surface area contributed by atoms with Crippen molar-refractivity contribution in [3.05, 3.63) is 82.6 Å². The smallest absolute Gasteiger partial charge is 0.224 e. The number of halogens is 1. The molecule has 0 fully saturated rings. The Labute approximate surface area is 185 Å². The molecule has 0 bridgehead atoms. The summed E-state index contributed by atoms with van der Waals surface area (Å²) < 4.78 is 1.67. The van der Waals surface area contributed by atoms with Gasteiger partial charge in [-0.1, -0.05) is 42.8 Å². The van der Waals surface area contributed by atoms with E-state index in [1.165, 1.54) is 5.56 Å². The highest BCUT2D eigenvalue weighted by molar-refractivity contribution is 6.30. The van der Waals surface area contributed by atoms with E-state index in [0.29, 0.717) is 41.7 Å². The molecule has 0 aliphatic heterocycles. The molecular formula is C23H23ClN6O. The summed E-state index contributed by atoms with van der Waals surface area (Å²) >= 11 is 5.93. The van der Waals surface area contributed by atoms with Crippen molar-refractivity contribution in [1.29, 1.82) is 0 Å². The van der Waals surface area contributed by atoms with Gasteiger partial charge in [0.2, 0.25) is 5.91 Å². The topological polar surface area (TPSA) is 84.2 Å². The van der Waals surface area contributed by atoms with E-state index in [9.17, 15) is 4.79 Å². The highest BCUT2D eigenvalue weighted by atomic mass is 35.5. The van der Waals surface area contributed by atoms with Crippen LogP contribution in [0.4, 0.5) is 11.5 Å². The maximum absolute atomic E-state index is 12.3. The highest BCUT2D eigenvalue weighted by Crippen LogP contribution is 2.14. The second kappa shape index (κ2) is 9.57. The van der Waals surface area contributed by atoms with Gasteiger partial charge in [-0.15, -0.1) is 15.3 Å². The Kier molecular flexibility index (Phi) is 6.43. The maximum Gasteiger partial charge on any atom is 0.224 e. The molecule has 0 radical (unpaired) electrons. The summed E-state index contributed by atoms with van der Waals surface area (Å²) in [6, 6.07) is 19.2. The summed E-state index contributed by atoms with van der Waals surface area (Å²) in [6.45, 7) is 2.72. The van der Waals surface area contributed by atoms with Gasteiger partial charge in [-0.3, -0.25) is 4.79 Å². The largest absolute Gasteiger partial charge is 0.365 e. The Bertz CT molecular complexity index is 1170. The van der Waals surface area contributed by atoms with Crippen LogP contribution in [0.25, 0.3) is 5.65 Å². The molecule has 0 unspecified atom stereocenters. The van der Waals surface area contributed by atoms with Crippen molar-refractivity contribution >= 4 is 34.7 Å². The molecule has 2 aromatic carbocycles. The van der Waals surface area contributed by atoms with Crippen molar-refractivity contribution in [2.24, 2.45) is 0 Å². The van der Waals surface area contributed by atoms with E-state index < -0.39 is 0 Å². The molecule has 0 atom stereocenters. The van der Waals surface area contributed by atoms with Crippen molar-refractivity contribution in [2.45, 2.75) is 32.7 Å². The van der Waals surface area contributed by atoms with E-state index in [1.54, 1.807) is 4.52 Å². The number of amides is 1. The van der Waals surface area contributed by atoms with E-state index in [2.05, 4.69) is 32.9 Å². The molecule has 4 rings (SSSR count). The van der Waals surface area contributed by atoms with E-state index >= 15 is 0 Å². The fourth-order valence-corrected chi connectivity index (χ4v) is 3.28. The molecule has 0 spiro atoms. The van der Waals surface area contributed by atoms with E-state index in [1.807, 2.05) is 60.7 Å². The summed E-state index contributed by atoms with van der Waals surface area (Å²) in [4.78, 5) is 12.3. The molecule has 0 aliphatic rings. The van der Waals surface area contributed by atoms with Gasteiger partial charge in [0.05, 0.1) is 0 Å². The standard InChI is InChI=1S/C23H23ClN6O/c1-2-16-5-9-19(10-6-16)26-23(31)14-13-22-28-27-21-12-11-20(29-30(21)22)25-15-17-3-7-18(24)8-4-17/h3-12H,2,13-15H2,1H3,(H,25,29)(H,26,31). The van der Waals surface area contributed by atoms with Crippen LogP contribution < -0.4 is 10.6 Å². The molecule has 2 N–H and O–H groups in total. The second-order valence-electron chi connectivity index (χ2n) is 7.18. The lowest BCUT2D eigenvalue weighted by molar-refractivity contribution is -0.116. The lowest BCUT2D eigenvalue weighted by Gasteiger charge is -2.07. The van der Waals surface area contributed by atoms with Gasteiger partial charge in [-0.25, -0.2) is 0 Å². The number of carbonyl (C=O) groups is 1. The summed E-state index contributed by atoms with van der Waals surface area (Å²) in [5.74, 6) is 1.27. The van der Waals surface area contributed by atoms with Gasteiger partial charge in [0.25, 0.3) is 0 Å². The lowest BCUT2D eigenvalue weighted by Crippen LogP contribution is -2.13. The first-order chi connectivity index (χ1) is 15.1. The lowest BCUT2D eigenvalue weighted by atomic mass is 10.1. The minimum atomic E-state index is -0.0713. The van der Waals surface area contributed by atoms with Crippen LogP contribution in [0.3, 0.4) is 0 Å². The zero-order valence-electron chi connectivity index (χ0n) is 17.2. The predicted octanol–water partition coefficient (Wildman–Crippen LogP) is 4.52. The zero-order valence-corrected chi connectivity index (χ0v) is 17.9. The first-order valence-corrected chi connectivity index (χ1v) is 10.6. The summed E-state index contributed by atoms with van der Waals surface area (Å²) in [6.07, 6.45) is 1.70. The Morgan fingerprint density at radius 1 is 0.968 bits per heavy atom. The predicted molar refractivity (Wildman–Crippen MR) is 122 cm³/mol. The Balaban J connectivity index is 1.37. The molecule has 2 aromatic heterocycles. The van der Waals surface area contributed by atoms with Crippen LogP contribution in [0.15, 0.2) is 60.7 Å². The summed E-state index contributed by atoms with van der Waals surface area (Å²) in [5, 5.41) is 19.8. The molecule has 2 heterocycles. The number of hydrogen-bond acceptors (Lipinski definition) is 5. The molecule has 8 heteroatoms. The fraction of sp³-hybridized carbons (Fsp3) is 0.217. The minimum Gasteiger partial charge on any atom is -0.365 e. The number of hydrogen-bond donors (Lipinski definition) is 2. The van der Waals surface area contributed by atoms with Crippen LogP contribution in [-0.4, -0.2) is 25.7 Å². The number of aromatic nitrogens is 4. The zero-order chi connectivity index (χ0) is 21.6. The van der Waals surface area contributed by atoms with Gasteiger partial charge >= 0.3 is 0 Å². The molecule has 0 aliphatic carbocycles. The number of aryl methyl sites for hydroxylation is 2. The maximum atomic E-state index is 12.3. The average Bonchev–Trinajstić information content (AvgIpc) is 3.20. The Morgan fingerprint density at radius 3 is 2.45 bits per heavy atom. The van der Waals surface area contributed by atoms with Crippen LogP contribution in [0, 0.1) is 0 Å².